The molecule has 0 amide bonds. The molecule has 2 aliphatic heterocycles. The molecule has 0 bridgehead atoms. The van der Waals surface area contributed by atoms with Gasteiger partial charge in [-0.1, -0.05) is 44.6 Å². The number of hydrogen-bond donors (Lipinski definition) is 0. The first-order valence-corrected chi connectivity index (χ1v) is 4.04. The standard InChI is InChI=1S/C8H15NO.6CH4/c1-7(2)9-3-8(4-9)5-10-6-8;;;;;;/h7H,3-6H2,1-2H3;6*1H4. The molecule has 0 aromatic carbocycles. The van der Waals surface area contributed by atoms with Gasteiger partial charge in [-0.3, -0.25) is 4.90 Å². The van der Waals surface area contributed by atoms with Crippen molar-refractivity contribution in [1.82, 2.24) is 4.90 Å². The molecule has 0 aliphatic carbocycles. The van der Waals surface area contributed by atoms with Crippen LogP contribution in [0, 0.1) is 5.41 Å². The van der Waals surface area contributed by atoms with E-state index < -0.39 is 0 Å². The van der Waals surface area contributed by atoms with Crippen LogP contribution in [-0.2, 0) is 4.74 Å². The molecular weight excluding hydrogens is 198 g/mol. The lowest BCUT2D eigenvalue weighted by molar-refractivity contribution is -0.195. The van der Waals surface area contributed by atoms with Crippen molar-refractivity contribution in [2.24, 2.45) is 5.41 Å². The lowest BCUT2D eigenvalue weighted by Crippen LogP contribution is -2.67. The highest BCUT2D eigenvalue weighted by molar-refractivity contribution is 5.00. The van der Waals surface area contributed by atoms with E-state index >= 15 is 0 Å². The molecule has 1 spiro atoms. The van der Waals surface area contributed by atoms with E-state index in [1.165, 1.54) is 13.1 Å². The molecule has 0 atom stereocenters. The van der Waals surface area contributed by atoms with Crippen LogP contribution in [0.1, 0.15) is 58.4 Å². The molecule has 0 aromatic rings. The third-order valence-corrected chi connectivity index (χ3v) is 2.62. The van der Waals surface area contributed by atoms with Gasteiger partial charge in [0.25, 0.3) is 0 Å². The second kappa shape index (κ2) is 10.1. The average Bonchev–Trinajstić information content (AvgIpc) is 1.54. The van der Waals surface area contributed by atoms with Gasteiger partial charge in [-0.05, 0) is 13.8 Å². The fraction of sp³-hybridized carbons (Fsp3) is 1.00. The summed E-state index contributed by atoms with van der Waals surface area (Å²) in [5.41, 5.74) is 0.601. The summed E-state index contributed by atoms with van der Waals surface area (Å²) in [6.07, 6.45) is 0. The molecule has 0 unspecified atom stereocenters. The van der Waals surface area contributed by atoms with Gasteiger partial charge in [-0.25, -0.2) is 0 Å². The second-order valence-electron chi connectivity index (χ2n) is 3.99. The first-order valence-electron chi connectivity index (χ1n) is 4.04. The zero-order chi connectivity index (χ0) is 7.19. The van der Waals surface area contributed by atoms with Gasteiger partial charge in [0.1, 0.15) is 0 Å². The SMILES string of the molecule is C.C.C.C.C.C.CC(C)N1CC2(COC2)C1. The summed E-state index contributed by atoms with van der Waals surface area (Å²) >= 11 is 0. The van der Waals surface area contributed by atoms with E-state index in [1.807, 2.05) is 0 Å². The van der Waals surface area contributed by atoms with Crippen LogP contribution < -0.4 is 0 Å². The Morgan fingerprint density at radius 2 is 1.25 bits per heavy atom. The molecule has 0 radical (unpaired) electrons. The molecule has 2 nitrogen and oxygen atoms in total. The third-order valence-electron chi connectivity index (χ3n) is 2.62. The van der Waals surface area contributed by atoms with Crippen LogP contribution in [0.4, 0.5) is 0 Å². The number of hydrogen-bond acceptors (Lipinski definition) is 2. The predicted molar refractivity (Wildman–Crippen MR) is 80.3 cm³/mol. The first kappa shape index (κ1) is 29.7. The van der Waals surface area contributed by atoms with Gasteiger partial charge in [-0.15, -0.1) is 0 Å². The molecule has 106 valence electrons. The van der Waals surface area contributed by atoms with Crippen LogP contribution in [0.25, 0.3) is 0 Å². The summed E-state index contributed by atoms with van der Waals surface area (Å²) in [6.45, 7) is 9.07. The smallest absolute Gasteiger partial charge is 0.0569 e. The summed E-state index contributed by atoms with van der Waals surface area (Å²) in [4.78, 5) is 2.50. The Hall–Kier alpha value is -0.0800. The van der Waals surface area contributed by atoms with Crippen LogP contribution in [0.3, 0.4) is 0 Å². The first-order chi connectivity index (χ1) is 4.72. The topological polar surface area (TPSA) is 12.5 Å². The minimum atomic E-state index is 0. The van der Waals surface area contributed by atoms with Crippen molar-refractivity contribution in [1.29, 1.82) is 0 Å². The van der Waals surface area contributed by atoms with E-state index in [2.05, 4.69) is 18.7 Å². The van der Waals surface area contributed by atoms with Crippen LogP contribution in [0.15, 0.2) is 0 Å². The number of ether oxygens (including phenoxy) is 1. The van der Waals surface area contributed by atoms with E-state index in [0.717, 1.165) is 19.3 Å². The summed E-state index contributed by atoms with van der Waals surface area (Å²) < 4.78 is 5.18. The summed E-state index contributed by atoms with van der Waals surface area (Å²) in [5.74, 6) is 0. The Morgan fingerprint density at radius 3 is 1.44 bits per heavy atom. The Balaban J connectivity index is -0.0000000672. The predicted octanol–water partition coefficient (Wildman–Crippen LogP) is 4.54. The molecule has 2 saturated heterocycles. The van der Waals surface area contributed by atoms with Gasteiger partial charge in [0.2, 0.25) is 0 Å². The Morgan fingerprint density at radius 1 is 0.875 bits per heavy atom. The second-order valence-corrected chi connectivity index (χ2v) is 3.99. The van der Waals surface area contributed by atoms with Gasteiger partial charge in [0.05, 0.1) is 13.2 Å². The molecule has 2 fully saturated rings. The van der Waals surface area contributed by atoms with Crippen molar-refractivity contribution >= 4 is 0 Å². The molecule has 2 aliphatic rings. The zero-order valence-corrected chi connectivity index (χ0v) is 6.76. The molecule has 2 heteroatoms. The fourth-order valence-electron chi connectivity index (χ4n) is 1.75. The lowest BCUT2D eigenvalue weighted by Gasteiger charge is -2.56. The zero-order valence-electron chi connectivity index (χ0n) is 6.76. The lowest BCUT2D eigenvalue weighted by atomic mass is 9.77. The van der Waals surface area contributed by atoms with E-state index in [9.17, 15) is 0 Å². The Labute approximate surface area is 106 Å². The average molecular weight is 237 g/mol. The summed E-state index contributed by atoms with van der Waals surface area (Å²) in [7, 11) is 0. The molecule has 0 aromatic heterocycles. The summed E-state index contributed by atoms with van der Waals surface area (Å²) in [6, 6.07) is 0.728. The van der Waals surface area contributed by atoms with E-state index in [-0.39, 0.29) is 44.6 Å². The van der Waals surface area contributed by atoms with Crippen molar-refractivity contribution in [3.05, 3.63) is 0 Å². The summed E-state index contributed by atoms with van der Waals surface area (Å²) in [5, 5.41) is 0. The number of rotatable bonds is 1. The number of nitrogens with zero attached hydrogens (tertiary/aromatic N) is 1. The van der Waals surface area contributed by atoms with Crippen molar-refractivity contribution < 1.29 is 4.74 Å². The van der Waals surface area contributed by atoms with Gasteiger partial charge in [0, 0.05) is 24.5 Å². The number of likely N-dealkylation sites (tertiary alicyclic amines) is 1. The van der Waals surface area contributed by atoms with Crippen molar-refractivity contribution in [2.45, 2.75) is 64.4 Å². The molecule has 0 N–H and O–H groups in total. The fourth-order valence-corrected chi connectivity index (χ4v) is 1.75. The Bertz CT molecular complexity index is 134. The van der Waals surface area contributed by atoms with Crippen LogP contribution >= 0.6 is 0 Å². The van der Waals surface area contributed by atoms with E-state index in [4.69, 9.17) is 4.74 Å². The molecular formula is C14H39NO. The maximum atomic E-state index is 5.18. The minimum Gasteiger partial charge on any atom is -0.380 e. The van der Waals surface area contributed by atoms with Gasteiger partial charge >= 0.3 is 0 Å². The van der Waals surface area contributed by atoms with Crippen LogP contribution in [0.5, 0.6) is 0 Å². The van der Waals surface area contributed by atoms with E-state index in [1.54, 1.807) is 0 Å². The Kier molecular flexibility index (Phi) is 18.8. The normalized spacial score (nSPS) is 18.9. The highest BCUT2D eigenvalue weighted by Crippen LogP contribution is 2.38. The third kappa shape index (κ3) is 4.84. The maximum Gasteiger partial charge on any atom is 0.0569 e. The van der Waals surface area contributed by atoms with Crippen molar-refractivity contribution in [3.8, 4) is 0 Å². The maximum absolute atomic E-state index is 5.18. The van der Waals surface area contributed by atoms with Crippen LogP contribution in [-0.4, -0.2) is 37.2 Å². The molecule has 16 heavy (non-hydrogen) atoms. The van der Waals surface area contributed by atoms with Gasteiger partial charge in [-0.2, -0.15) is 0 Å². The highest BCUT2D eigenvalue weighted by atomic mass is 16.5. The molecule has 2 rings (SSSR count). The molecule has 2 heterocycles. The van der Waals surface area contributed by atoms with Gasteiger partial charge < -0.3 is 4.74 Å². The van der Waals surface area contributed by atoms with Crippen molar-refractivity contribution in [2.75, 3.05) is 26.3 Å². The van der Waals surface area contributed by atoms with Crippen LogP contribution in [0.2, 0.25) is 0 Å². The van der Waals surface area contributed by atoms with E-state index in [0.29, 0.717) is 5.41 Å². The monoisotopic (exact) mass is 237 g/mol. The quantitative estimate of drug-likeness (QED) is 0.663. The molecule has 0 saturated carbocycles. The van der Waals surface area contributed by atoms with Gasteiger partial charge in [0.15, 0.2) is 0 Å². The minimum absolute atomic E-state index is 0. The highest BCUT2D eigenvalue weighted by Gasteiger charge is 2.49. The largest absolute Gasteiger partial charge is 0.380 e. The van der Waals surface area contributed by atoms with Crippen molar-refractivity contribution in [3.63, 3.8) is 0 Å².